The number of rotatable bonds is 3. The Hall–Kier alpha value is -3.28. The van der Waals surface area contributed by atoms with E-state index in [2.05, 4.69) is 10.3 Å². The minimum absolute atomic E-state index is 0.118. The van der Waals surface area contributed by atoms with Crippen molar-refractivity contribution in [3.8, 4) is 5.75 Å². The van der Waals surface area contributed by atoms with Crippen LogP contribution >= 0.6 is 0 Å². The van der Waals surface area contributed by atoms with E-state index >= 15 is 0 Å². The van der Waals surface area contributed by atoms with Crippen LogP contribution in [0.4, 0.5) is 0 Å². The summed E-state index contributed by atoms with van der Waals surface area (Å²) in [6.45, 7) is 0.355. The monoisotopic (exact) mass is 319 g/mol. The quantitative estimate of drug-likeness (QED) is 0.578. The maximum absolute atomic E-state index is 12.8. The number of carbonyl (C=O) groups excluding carboxylic acids is 2. The lowest BCUT2D eigenvalue weighted by Gasteiger charge is -2.14. The van der Waals surface area contributed by atoms with Crippen LogP contribution in [0.1, 0.15) is 37.7 Å². The lowest BCUT2D eigenvalue weighted by molar-refractivity contribution is 0.0971. The van der Waals surface area contributed by atoms with Gasteiger partial charge in [-0.15, -0.1) is 5.10 Å². The van der Waals surface area contributed by atoms with Gasteiger partial charge in [0.15, 0.2) is 5.69 Å². The van der Waals surface area contributed by atoms with Crippen LogP contribution in [0.5, 0.6) is 5.75 Å². The highest BCUT2D eigenvalue weighted by Gasteiger charge is 2.34. The Balaban J connectivity index is 1.74. The standard InChI is InChI=1S/C18H13N3O3/c1-24-12-8-6-11(7-9-12)10-21-16-15(19-20-21)17(22)13-4-2-3-5-14(13)18(16)23/h2-9H,10H2,1H3. The molecule has 0 bridgehead atoms. The van der Waals surface area contributed by atoms with E-state index < -0.39 is 0 Å². The van der Waals surface area contributed by atoms with Crippen molar-refractivity contribution in [2.24, 2.45) is 0 Å². The lowest BCUT2D eigenvalue weighted by atomic mass is 9.90. The molecule has 118 valence electrons. The summed E-state index contributed by atoms with van der Waals surface area (Å²) in [6.07, 6.45) is 0. The van der Waals surface area contributed by atoms with E-state index in [0.717, 1.165) is 11.3 Å². The second-order valence-corrected chi connectivity index (χ2v) is 5.50. The average molecular weight is 319 g/mol. The van der Waals surface area contributed by atoms with Crippen LogP contribution in [0.3, 0.4) is 0 Å². The number of nitrogens with zero attached hydrogens (tertiary/aromatic N) is 3. The van der Waals surface area contributed by atoms with Crippen LogP contribution in [0.25, 0.3) is 0 Å². The third-order valence-corrected chi connectivity index (χ3v) is 4.07. The Morgan fingerprint density at radius 3 is 2.29 bits per heavy atom. The maximum atomic E-state index is 12.8. The van der Waals surface area contributed by atoms with Crippen LogP contribution in [0.15, 0.2) is 48.5 Å². The van der Waals surface area contributed by atoms with E-state index in [-0.39, 0.29) is 23.0 Å². The molecule has 3 aromatic rings. The molecule has 1 aliphatic carbocycles. The minimum atomic E-state index is -0.263. The molecule has 0 aliphatic heterocycles. The molecule has 0 N–H and O–H groups in total. The van der Waals surface area contributed by atoms with Gasteiger partial charge in [-0.05, 0) is 17.7 Å². The first-order valence-electron chi connectivity index (χ1n) is 7.44. The number of ether oxygens (including phenoxy) is 1. The smallest absolute Gasteiger partial charge is 0.216 e. The van der Waals surface area contributed by atoms with Crippen molar-refractivity contribution in [1.82, 2.24) is 15.0 Å². The number of aromatic nitrogens is 3. The van der Waals surface area contributed by atoms with Gasteiger partial charge in [0.2, 0.25) is 11.6 Å². The van der Waals surface area contributed by atoms with Crippen molar-refractivity contribution >= 4 is 11.6 Å². The molecule has 0 saturated heterocycles. The van der Waals surface area contributed by atoms with E-state index in [4.69, 9.17) is 4.74 Å². The zero-order valence-corrected chi connectivity index (χ0v) is 12.9. The zero-order valence-electron chi connectivity index (χ0n) is 12.9. The van der Waals surface area contributed by atoms with Gasteiger partial charge in [-0.1, -0.05) is 41.6 Å². The summed E-state index contributed by atoms with van der Waals surface area (Å²) in [6, 6.07) is 14.2. The van der Waals surface area contributed by atoms with E-state index in [0.29, 0.717) is 17.7 Å². The van der Waals surface area contributed by atoms with Gasteiger partial charge in [0.05, 0.1) is 13.7 Å². The summed E-state index contributed by atoms with van der Waals surface area (Å²) in [5.41, 5.74) is 2.07. The first-order chi connectivity index (χ1) is 11.7. The number of methoxy groups -OCH3 is 1. The van der Waals surface area contributed by atoms with Gasteiger partial charge in [-0.3, -0.25) is 9.59 Å². The van der Waals surface area contributed by atoms with Gasteiger partial charge < -0.3 is 4.74 Å². The second kappa shape index (κ2) is 5.42. The van der Waals surface area contributed by atoms with Crippen molar-refractivity contribution in [3.63, 3.8) is 0 Å². The van der Waals surface area contributed by atoms with Crippen LogP contribution in [0, 0.1) is 0 Å². The van der Waals surface area contributed by atoms with Crippen LogP contribution in [-0.2, 0) is 6.54 Å². The SMILES string of the molecule is COc1ccc(Cn2nnc3c2C(=O)c2ccccc2C3=O)cc1. The number of carbonyl (C=O) groups is 2. The molecule has 2 aromatic carbocycles. The molecule has 0 amide bonds. The van der Waals surface area contributed by atoms with E-state index in [1.54, 1.807) is 31.4 Å². The van der Waals surface area contributed by atoms with Gasteiger partial charge in [-0.25, -0.2) is 4.68 Å². The first-order valence-corrected chi connectivity index (χ1v) is 7.44. The molecule has 1 aliphatic rings. The molecule has 6 nitrogen and oxygen atoms in total. The molecular formula is C18H13N3O3. The van der Waals surface area contributed by atoms with Gasteiger partial charge in [0.1, 0.15) is 11.4 Å². The van der Waals surface area contributed by atoms with Crippen molar-refractivity contribution in [2.45, 2.75) is 6.54 Å². The van der Waals surface area contributed by atoms with Crippen molar-refractivity contribution < 1.29 is 14.3 Å². The third kappa shape index (κ3) is 2.11. The summed E-state index contributed by atoms with van der Waals surface area (Å²) in [7, 11) is 1.60. The first kappa shape index (κ1) is 14.3. The number of hydrogen-bond acceptors (Lipinski definition) is 5. The van der Waals surface area contributed by atoms with E-state index in [1.165, 1.54) is 4.68 Å². The van der Waals surface area contributed by atoms with Gasteiger partial charge in [0, 0.05) is 11.1 Å². The molecule has 24 heavy (non-hydrogen) atoms. The molecule has 1 heterocycles. The summed E-state index contributed by atoms with van der Waals surface area (Å²) in [5.74, 6) is 0.263. The average Bonchev–Trinajstić information content (AvgIpc) is 3.04. The fraction of sp³-hybridized carbons (Fsp3) is 0.111. The zero-order chi connectivity index (χ0) is 16.7. The highest BCUT2D eigenvalue weighted by atomic mass is 16.5. The molecule has 1 aromatic heterocycles. The highest BCUT2D eigenvalue weighted by Crippen LogP contribution is 2.26. The molecule has 0 atom stereocenters. The van der Waals surface area contributed by atoms with Gasteiger partial charge >= 0.3 is 0 Å². The molecule has 0 fully saturated rings. The maximum Gasteiger partial charge on any atom is 0.216 e. The summed E-state index contributed by atoms with van der Waals surface area (Å²) in [4.78, 5) is 25.3. The lowest BCUT2D eigenvalue weighted by Crippen LogP contribution is -2.23. The number of ketones is 2. The third-order valence-electron chi connectivity index (χ3n) is 4.07. The van der Waals surface area contributed by atoms with Crippen molar-refractivity contribution in [3.05, 3.63) is 76.6 Å². The van der Waals surface area contributed by atoms with Crippen LogP contribution < -0.4 is 4.74 Å². The highest BCUT2D eigenvalue weighted by molar-refractivity contribution is 6.26. The molecule has 0 unspecified atom stereocenters. The van der Waals surface area contributed by atoms with Crippen LogP contribution in [-0.4, -0.2) is 33.7 Å². The van der Waals surface area contributed by atoms with Gasteiger partial charge in [0.25, 0.3) is 0 Å². The summed E-state index contributed by atoms with van der Waals surface area (Å²) in [5, 5.41) is 7.95. The Morgan fingerprint density at radius 1 is 0.958 bits per heavy atom. The molecule has 0 radical (unpaired) electrons. The molecule has 0 saturated carbocycles. The molecular weight excluding hydrogens is 306 g/mol. The Morgan fingerprint density at radius 2 is 1.62 bits per heavy atom. The fourth-order valence-electron chi connectivity index (χ4n) is 2.84. The molecule has 6 heteroatoms. The number of benzene rings is 2. The van der Waals surface area contributed by atoms with Crippen LogP contribution in [0.2, 0.25) is 0 Å². The minimum Gasteiger partial charge on any atom is -0.497 e. The topological polar surface area (TPSA) is 74.1 Å². The van der Waals surface area contributed by atoms with E-state index in [1.807, 2.05) is 24.3 Å². The Kier molecular flexibility index (Phi) is 3.23. The normalized spacial score (nSPS) is 12.7. The summed E-state index contributed by atoms with van der Waals surface area (Å²) >= 11 is 0. The fourth-order valence-corrected chi connectivity index (χ4v) is 2.84. The van der Waals surface area contributed by atoms with E-state index in [9.17, 15) is 9.59 Å². The largest absolute Gasteiger partial charge is 0.497 e. The van der Waals surface area contributed by atoms with Crippen molar-refractivity contribution in [2.75, 3.05) is 7.11 Å². The van der Waals surface area contributed by atoms with Crippen molar-refractivity contribution in [1.29, 1.82) is 0 Å². The predicted octanol–water partition coefficient (Wildman–Crippen LogP) is 2.11. The second-order valence-electron chi connectivity index (χ2n) is 5.50. The molecule has 4 rings (SSSR count). The molecule has 0 spiro atoms. The summed E-state index contributed by atoms with van der Waals surface area (Å²) < 4.78 is 6.61. The Labute approximate surface area is 137 Å². The van der Waals surface area contributed by atoms with Gasteiger partial charge in [-0.2, -0.15) is 0 Å². The Bertz CT molecular complexity index is 958. The predicted molar refractivity (Wildman–Crippen MR) is 85.4 cm³/mol. The number of fused-ring (bicyclic) bond motifs is 2. The number of hydrogen-bond donors (Lipinski definition) is 0.